The van der Waals surface area contributed by atoms with Crippen molar-refractivity contribution in [3.05, 3.63) is 67.6 Å². The summed E-state index contributed by atoms with van der Waals surface area (Å²) in [7, 11) is 0. The molecule has 0 radical (unpaired) electrons. The highest BCUT2D eigenvalue weighted by Crippen LogP contribution is 2.26. The highest BCUT2D eigenvalue weighted by molar-refractivity contribution is 9.10. The second kappa shape index (κ2) is 5.43. The van der Waals surface area contributed by atoms with Gasteiger partial charge in [-0.1, -0.05) is 51.3 Å². The molecule has 0 aliphatic rings. The van der Waals surface area contributed by atoms with E-state index in [4.69, 9.17) is 23.2 Å². The molecule has 0 bridgehead atoms. The maximum Gasteiger partial charge on any atom is 0.194 e. The molecule has 0 aliphatic heterocycles. The molecular weight excluding hydrogens is 335 g/mol. The van der Waals surface area contributed by atoms with Crippen molar-refractivity contribution in [3.63, 3.8) is 0 Å². The molecule has 0 saturated heterocycles. The second-order valence-corrected chi connectivity index (χ2v) is 5.56. The van der Waals surface area contributed by atoms with Gasteiger partial charge in [-0.05, 0) is 36.8 Å². The number of benzene rings is 2. The van der Waals surface area contributed by atoms with Gasteiger partial charge in [0.25, 0.3) is 0 Å². The quantitative estimate of drug-likeness (QED) is 0.676. The number of hydrogen-bond acceptors (Lipinski definition) is 1. The normalized spacial score (nSPS) is 10.4. The third-order valence-corrected chi connectivity index (χ3v) is 4.09. The number of ketones is 1. The molecule has 0 N–H and O–H groups in total. The summed E-state index contributed by atoms with van der Waals surface area (Å²) in [5.74, 6) is -0.101. The SMILES string of the molecule is Cc1c(Br)cccc1C(=O)c1ccc(Cl)cc1Cl. The van der Waals surface area contributed by atoms with E-state index >= 15 is 0 Å². The second-order valence-electron chi connectivity index (χ2n) is 3.87. The molecule has 4 heteroatoms. The standard InChI is InChI=1S/C14H9BrCl2O/c1-8-10(3-2-4-12(8)15)14(18)11-6-5-9(16)7-13(11)17/h2-7H,1H3. The molecule has 0 unspecified atom stereocenters. The Morgan fingerprint density at radius 3 is 2.50 bits per heavy atom. The summed E-state index contributed by atoms with van der Waals surface area (Å²) in [6, 6.07) is 10.4. The lowest BCUT2D eigenvalue weighted by Crippen LogP contribution is -2.04. The lowest BCUT2D eigenvalue weighted by atomic mass is 9.99. The highest BCUT2D eigenvalue weighted by atomic mass is 79.9. The van der Waals surface area contributed by atoms with Crippen molar-refractivity contribution in [2.45, 2.75) is 6.92 Å². The molecule has 2 rings (SSSR count). The maximum atomic E-state index is 12.4. The molecule has 0 amide bonds. The number of halogens is 3. The zero-order chi connectivity index (χ0) is 13.3. The van der Waals surface area contributed by atoms with Crippen LogP contribution in [0.1, 0.15) is 21.5 Å². The molecule has 2 aromatic rings. The van der Waals surface area contributed by atoms with Crippen LogP contribution in [0.5, 0.6) is 0 Å². The fourth-order valence-corrected chi connectivity index (χ4v) is 2.53. The Hall–Kier alpha value is -0.830. The molecule has 0 fully saturated rings. The largest absolute Gasteiger partial charge is 0.289 e. The zero-order valence-corrected chi connectivity index (χ0v) is 12.6. The molecule has 2 aromatic carbocycles. The monoisotopic (exact) mass is 342 g/mol. The summed E-state index contributed by atoms with van der Waals surface area (Å²) >= 11 is 15.3. The Bertz CT molecular complexity index is 623. The van der Waals surface area contributed by atoms with Crippen molar-refractivity contribution in [2.24, 2.45) is 0 Å². The lowest BCUT2D eigenvalue weighted by molar-refractivity contribution is 0.103. The lowest BCUT2D eigenvalue weighted by Gasteiger charge is -2.08. The van der Waals surface area contributed by atoms with Gasteiger partial charge in [0.1, 0.15) is 0 Å². The smallest absolute Gasteiger partial charge is 0.194 e. The summed E-state index contributed by atoms with van der Waals surface area (Å²) < 4.78 is 0.901. The first-order valence-electron chi connectivity index (χ1n) is 5.25. The molecule has 1 nitrogen and oxygen atoms in total. The van der Waals surface area contributed by atoms with Crippen molar-refractivity contribution in [3.8, 4) is 0 Å². The Kier molecular flexibility index (Phi) is 4.10. The molecule has 18 heavy (non-hydrogen) atoms. The van der Waals surface area contributed by atoms with E-state index in [0.717, 1.165) is 10.0 Å². The van der Waals surface area contributed by atoms with Gasteiger partial charge in [-0.25, -0.2) is 0 Å². The summed E-state index contributed by atoms with van der Waals surface area (Å²) in [4.78, 5) is 12.4. The van der Waals surface area contributed by atoms with E-state index in [2.05, 4.69) is 15.9 Å². The molecule has 92 valence electrons. The Balaban J connectivity index is 2.51. The van der Waals surface area contributed by atoms with Crippen LogP contribution in [0.25, 0.3) is 0 Å². The van der Waals surface area contributed by atoms with Crippen molar-refractivity contribution in [1.29, 1.82) is 0 Å². The van der Waals surface area contributed by atoms with E-state index in [0.29, 0.717) is 21.2 Å². The van der Waals surface area contributed by atoms with Gasteiger partial charge < -0.3 is 0 Å². The van der Waals surface area contributed by atoms with Crippen molar-refractivity contribution >= 4 is 44.9 Å². The van der Waals surface area contributed by atoms with E-state index in [-0.39, 0.29) is 5.78 Å². The molecular formula is C14H9BrCl2O. The highest BCUT2D eigenvalue weighted by Gasteiger charge is 2.16. The fraction of sp³-hybridized carbons (Fsp3) is 0.0714. The van der Waals surface area contributed by atoms with Crippen LogP contribution in [0.2, 0.25) is 10.0 Å². The first kappa shape index (κ1) is 13.6. The predicted octanol–water partition coefficient (Wildman–Crippen LogP) is 5.30. The van der Waals surface area contributed by atoms with E-state index in [1.807, 2.05) is 19.1 Å². The van der Waals surface area contributed by atoms with Crippen LogP contribution >= 0.6 is 39.1 Å². The predicted molar refractivity (Wildman–Crippen MR) is 78.8 cm³/mol. The fourth-order valence-electron chi connectivity index (χ4n) is 1.67. The first-order valence-corrected chi connectivity index (χ1v) is 6.80. The third kappa shape index (κ3) is 2.61. The van der Waals surface area contributed by atoms with Gasteiger partial charge in [0.2, 0.25) is 0 Å². The number of hydrogen-bond donors (Lipinski definition) is 0. The van der Waals surface area contributed by atoms with Gasteiger partial charge >= 0.3 is 0 Å². The molecule has 0 aliphatic carbocycles. The minimum absolute atomic E-state index is 0.101. The van der Waals surface area contributed by atoms with Gasteiger partial charge in [-0.3, -0.25) is 4.79 Å². The molecule has 0 aromatic heterocycles. The number of carbonyl (C=O) groups excluding carboxylic acids is 1. The zero-order valence-electron chi connectivity index (χ0n) is 9.51. The maximum absolute atomic E-state index is 12.4. The van der Waals surface area contributed by atoms with Crippen LogP contribution in [0, 0.1) is 6.92 Å². The summed E-state index contributed by atoms with van der Waals surface area (Å²) in [5.41, 5.74) is 1.99. The Labute approximate surface area is 124 Å². The molecule has 0 heterocycles. The van der Waals surface area contributed by atoms with Gasteiger partial charge in [0, 0.05) is 20.6 Å². The van der Waals surface area contributed by atoms with Crippen LogP contribution in [-0.4, -0.2) is 5.78 Å². The van der Waals surface area contributed by atoms with Crippen LogP contribution in [0.15, 0.2) is 40.9 Å². The summed E-state index contributed by atoms with van der Waals surface area (Å²) in [6.07, 6.45) is 0. The van der Waals surface area contributed by atoms with Gasteiger partial charge in [-0.15, -0.1) is 0 Å². The van der Waals surface area contributed by atoms with Crippen LogP contribution < -0.4 is 0 Å². The Morgan fingerprint density at radius 1 is 1.11 bits per heavy atom. The van der Waals surface area contributed by atoms with Crippen molar-refractivity contribution in [1.82, 2.24) is 0 Å². The van der Waals surface area contributed by atoms with E-state index in [9.17, 15) is 4.79 Å². The van der Waals surface area contributed by atoms with Crippen LogP contribution in [0.4, 0.5) is 0 Å². The van der Waals surface area contributed by atoms with E-state index < -0.39 is 0 Å². The average molecular weight is 344 g/mol. The van der Waals surface area contributed by atoms with Crippen molar-refractivity contribution in [2.75, 3.05) is 0 Å². The molecule has 0 atom stereocenters. The first-order chi connectivity index (χ1) is 8.50. The van der Waals surface area contributed by atoms with E-state index in [1.165, 1.54) is 0 Å². The third-order valence-electron chi connectivity index (χ3n) is 2.69. The number of rotatable bonds is 2. The van der Waals surface area contributed by atoms with Gasteiger partial charge in [-0.2, -0.15) is 0 Å². The topological polar surface area (TPSA) is 17.1 Å². The van der Waals surface area contributed by atoms with Crippen molar-refractivity contribution < 1.29 is 4.79 Å². The average Bonchev–Trinajstić information content (AvgIpc) is 2.32. The minimum atomic E-state index is -0.101. The van der Waals surface area contributed by atoms with E-state index in [1.54, 1.807) is 24.3 Å². The van der Waals surface area contributed by atoms with Crippen LogP contribution in [-0.2, 0) is 0 Å². The summed E-state index contributed by atoms with van der Waals surface area (Å²) in [5, 5.41) is 0.884. The molecule has 0 spiro atoms. The number of carbonyl (C=O) groups is 1. The Morgan fingerprint density at radius 2 is 1.83 bits per heavy atom. The molecule has 0 saturated carbocycles. The van der Waals surface area contributed by atoms with Gasteiger partial charge in [0.05, 0.1) is 5.02 Å². The van der Waals surface area contributed by atoms with Crippen LogP contribution in [0.3, 0.4) is 0 Å². The summed E-state index contributed by atoms with van der Waals surface area (Å²) in [6.45, 7) is 1.89. The minimum Gasteiger partial charge on any atom is -0.289 e. The van der Waals surface area contributed by atoms with Gasteiger partial charge in [0.15, 0.2) is 5.78 Å².